The molecule has 9 heteroatoms. The Labute approximate surface area is 191 Å². The molecule has 1 aliphatic rings. The molecule has 0 radical (unpaired) electrons. The van der Waals surface area contributed by atoms with E-state index in [0.29, 0.717) is 13.1 Å². The highest BCUT2D eigenvalue weighted by molar-refractivity contribution is 7.89. The van der Waals surface area contributed by atoms with Gasteiger partial charge < -0.3 is 10.1 Å². The van der Waals surface area contributed by atoms with Crippen molar-refractivity contribution in [3.63, 3.8) is 0 Å². The third-order valence-electron chi connectivity index (χ3n) is 5.42. The van der Waals surface area contributed by atoms with Crippen LogP contribution >= 0.6 is 11.6 Å². The van der Waals surface area contributed by atoms with Crippen LogP contribution in [0.3, 0.4) is 0 Å². The predicted octanol–water partition coefficient (Wildman–Crippen LogP) is 4.32. The van der Waals surface area contributed by atoms with Gasteiger partial charge in [-0.15, -0.1) is 0 Å². The van der Waals surface area contributed by atoms with Crippen molar-refractivity contribution in [3.8, 4) is 0 Å². The van der Waals surface area contributed by atoms with E-state index in [1.54, 1.807) is 12.1 Å². The molecule has 1 fully saturated rings. The SMILES string of the molecule is COC(=O)c1cc2ccccc2cc1NC(=O)c1cc(S(=O)(=O)N2CCCC2)ccc1Cl. The summed E-state index contributed by atoms with van der Waals surface area (Å²) in [5.74, 6) is -1.24. The van der Waals surface area contributed by atoms with Crippen LogP contribution in [-0.4, -0.2) is 44.8 Å². The fourth-order valence-electron chi connectivity index (χ4n) is 3.73. The number of fused-ring (bicyclic) bond motifs is 1. The van der Waals surface area contributed by atoms with E-state index in [1.807, 2.05) is 24.3 Å². The van der Waals surface area contributed by atoms with E-state index in [2.05, 4.69) is 5.32 Å². The van der Waals surface area contributed by atoms with Crippen molar-refractivity contribution in [2.45, 2.75) is 17.7 Å². The summed E-state index contributed by atoms with van der Waals surface area (Å²) in [6.45, 7) is 0.901. The molecule has 32 heavy (non-hydrogen) atoms. The largest absolute Gasteiger partial charge is 0.465 e. The van der Waals surface area contributed by atoms with Crippen molar-refractivity contribution in [2.24, 2.45) is 0 Å². The first-order valence-corrected chi connectivity index (χ1v) is 11.9. The monoisotopic (exact) mass is 472 g/mol. The molecular formula is C23H21ClN2O5S. The van der Waals surface area contributed by atoms with E-state index in [0.717, 1.165) is 23.6 Å². The van der Waals surface area contributed by atoms with E-state index >= 15 is 0 Å². The van der Waals surface area contributed by atoms with Crippen LogP contribution in [0, 0.1) is 0 Å². The minimum absolute atomic E-state index is 0.000604. The highest BCUT2D eigenvalue weighted by Crippen LogP contribution is 2.28. The van der Waals surface area contributed by atoms with E-state index in [1.165, 1.54) is 29.6 Å². The van der Waals surface area contributed by atoms with Crippen molar-refractivity contribution in [3.05, 3.63) is 70.7 Å². The number of benzene rings is 3. The molecule has 4 rings (SSSR count). The third-order valence-corrected chi connectivity index (χ3v) is 7.65. The minimum atomic E-state index is -3.72. The number of anilines is 1. The molecule has 7 nitrogen and oxygen atoms in total. The Bertz CT molecular complexity index is 1320. The Morgan fingerprint density at radius 1 is 0.969 bits per heavy atom. The maximum Gasteiger partial charge on any atom is 0.339 e. The molecule has 166 valence electrons. The van der Waals surface area contributed by atoms with Crippen LogP contribution in [-0.2, 0) is 14.8 Å². The third kappa shape index (κ3) is 4.21. The Hall–Kier alpha value is -2.94. The Balaban J connectivity index is 1.71. The molecule has 3 aromatic rings. The van der Waals surface area contributed by atoms with Crippen LogP contribution in [0.25, 0.3) is 10.8 Å². The molecule has 0 spiro atoms. The second kappa shape index (κ2) is 8.90. The second-order valence-electron chi connectivity index (χ2n) is 7.44. The molecule has 0 saturated carbocycles. The van der Waals surface area contributed by atoms with E-state index < -0.39 is 21.9 Å². The van der Waals surface area contributed by atoms with Crippen LogP contribution in [0.15, 0.2) is 59.5 Å². The second-order valence-corrected chi connectivity index (χ2v) is 9.79. The molecule has 0 atom stereocenters. The molecule has 0 unspecified atom stereocenters. The quantitative estimate of drug-likeness (QED) is 0.558. The molecule has 0 bridgehead atoms. The number of ether oxygens (including phenoxy) is 1. The van der Waals surface area contributed by atoms with Gasteiger partial charge in [-0.05, 0) is 53.9 Å². The fourth-order valence-corrected chi connectivity index (χ4v) is 5.48. The summed E-state index contributed by atoms with van der Waals surface area (Å²) in [5.41, 5.74) is 0.414. The summed E-state index contributed by atoms with van der Waals surface area (Å²) in [7, 11) is -2.46. The number of hydrogen-bond donors (Lipinski definition) is 1. The maximum absolute atomic E-state index is 13.1. The van der Waals surface area contributed by atoms with Gasteiger partial charge in [0.25, 0.3) is 5.91 Å². The molecule has 1 saturated heterocycles. The summed E-state index contributed by atoms with van der Waals surface area (Å²) >= 11 is 6.23. The molecule has 0 aliphatic carbocycles. The zero-order chi connectivity index (χ0) is 22.9. The number of hydrogen-bond acceptors (Lipinski definition) is 5. The Kier molecular flexibility index (Phi) is 6.19. The summed E-state index contributed by atoms with van der Waals surface area (Å²) in [5, 5.41) is 4.41. The average molecular weight is 473 g/mol. The van der Waals surface area contributed by atoms with E-state index in [9.17, 15) is 18.0 Å². The molecular weight excluding hydrogens is 452 g/mol. The summed E-state index contributed by atoms with van der Waals surface area (Å²) in [6, 6.07) is 14.7. The van der Waals surface area contributed by atoms with Gasteiger partial charge in [0.15, 0.2) is 0 Å². The lowest BCUT2D eigenvalue weighted by Crippen LogP contribution is -2.28. The van der Waals surface area contributed by atoms with Gasteiger partial charge in [0, 0.05) is 13.1 Å². The number of rotatable bonds is 5. The zero-order valence-corrected chi connectivity index (χ0v) is 18.9. The van der Waals surface area contributed by atoms with E-state index in [-0.39, 0.29) is 26.7 Å². The molecule has 0 aromatic heterocycles. The summed E-state index contributed by atoms with van der Waals surface area (Å²) in [6.07, 6.45) is 1.61. The lowest BCUT2D eigenvalue weighted by atomic mass is 10.0. The van der Waals surface area contributed by atoms with Gasteiger partial charge in [-0.2, -0.15) is 4.31 Å². The number of methoxy groups -OCH3 is 1. The highest BCUT2D eigenvalue weighted by Gasteiger charge is 2.28. The highest BCUT2D eigenvalue weighted by atomic mass is 35.5. The lowest BCUT2D eigenvalue weighted by molar-refractivity contribution is 0.0602. The molecule has 1 amide bonds. The van der Waals surface area contributed by atoms with Crippen molar-refractivity contribution < 1.29 is 22.7 Å². The number of esters is 1. The number of nitrogens with one attached hydrogen (secondary N) is 1. The van der Waals surface area contributed by atoms with Crippen LogP contribution in [0.2, 0.25) is 5.02 Å². The van der Waals surface area contributed by atoms with Gasteiger partial charge in [-0.3, -0.25) is 4.79 Å². The zero-order valence-electron chi connectivity index (χ0n) is 17.3. The maximum atomic E-state index is 13.1. The van der Waals surface area contributed by atoms with Crippen LogP contribution in [0.1, 0.15) is 33.6 Å². The van der Waals surface area contributed by atoms with Crippen molar-refractivity contribution >= 4 is 50.0 Å². The first kappa shape index (κ1) is 22.3. The molecule has 1 heterocycles. The summed E-state index contributed by atoms with van der Waals surface area (Å²) < 4.78 is 32.1. The normalized spacial score (nSPS) is 14.4. The fraction of sp³-hybridized carbons (Fsp3) is 0.217. The van der Waals surface area contributed by atoms with Crippen molar-refractivity contribution in [1.29, 1.82) is 0 Å². The predicted molar refractivity (Wildman–Crippen MR) is 123 cm³/mol. The number of carbonyl (C=O) groups is 2. The summed E-state index contributed by atoms with van der Waals surface area (Å²) in [4.78, 5) is 25.4. The number of nitrogens with zero attached hydrogens (tertiary/aromatic N) is 1. The van der Waals surface area contributed by atoms with Crippen LogP contribution in [0.5, 0.6) is 0 Å². The minimum Gasteiger partial charge on any atom is -0.465 e. The molecule has 1 aliphatic heterocycles. The topological polar surface area (TPSA) is 92.8 Å². The number of carbonyl (C=O) groups excluding carboxylic acids is 2. The molecule has 1 N–H and O–H groups in total. The van der Waals surface area contributed by atoms with Gasteiger partial charge in [0.05, 0.1) is 33.8 Å². The number of sulfonamides is 1. The van der Waals surface area contributed by atoms with Gasteiger partial charge in [0.2, 0.25) is 10.0 Å². The Morgan fingerprint density at radius 3 is 2.28 bits per heavy atom. The standard InChI is InChI=1S/C23H21ClN2O5S/c1-31-23(28)19-12-15-6-2-3-7-16(15)13-21(19)25-22(27)18-14-17(8-9-20(18)24)32(29,30)26-10-4-5-11-26/h2-3,6-9,12-14H,4-5,10-11H2,1H3,(H,25,27). The van der Waals surface area contributed by atoms with Gasteiger partial charge in [0.1, 0.15) is 0 Å². The van der Waals surface area contributed by atoms with Crippen molar-refractivity contribution in [1.82, 2.24) is 4.31 Å². The van der Waals surface area contributed by atoms with Gasteiger partial charge in [-0.25, -0.2) is 13.2 Å². The number of halogens is 1. The smallest absolute Gasteiger partial charge is 0.339 e. The van der Waals surface area contributed by atoms with Gasteiger partial charge >= 0.3 is 5.97 Å². The first-order chi connectivity index (χ1) is 15.3. The van der Waals surface area contributed by atoms with Crippen molar-refractivity contribution in [2.75, 3.05) is 25.5 Å². The van der Waals surface area contributed by atoms with Crippen LogP contribution < -0.4 is 5.32 Å². The number of amides is 1. The lowest BCUT2D eigenvalue weighted by Gasteiger charge is -2.17. The Morgan fingerprint density at radius 2 is 1.62 bits per heavy atom. The molecule has 3 aromatic carbocycles. The first-order valence-electron chi connectivity index (χ1n) is 10.0. The van der Waals surface area contributed by atoms with E-state index in [4.69, 9.17) is 16.3 Å². The van der Waals surface area contributed by atoms with Crippen LogP contribution in [0.4, 0.5) is 5.69 Å². The van der Waals surface area contributed by atoms with Gasteiger partial charge in [-0.1, -0.05) is 35.9 Å². The average Bonchev–Trinajstić information content (AvgIpc) is 3.34.